The van der Waals surface area contributed by atoms with E-state index in [1.807, 2.05) is 0 Å². The highest BCUT2D eigenvalue weighted by molar-refractivity contribution is 5.94. The fourth-order valence-corrected chi connectivity index (χ4v) is 1.85. The topological polar surface area (TPSA) is 113 Å². The van der Waals surface area contributed by atoms with E-state index in [1.54, 1.807) is 6.92 Å². The van der Waals surface area contributed by atoms with Gasteiger partial charge in [0.15, 0.2) is 0 Å². The molecule has 0 saturated carbocycles. The standard InChI is InChI=1S/C12H11N3O6/c1-3-21-12(17)9-10(15(18)19)14-7(11(16)20-2)5-4-6-8(14)13-9/h4-6H,3H2,1-2H3. The van der Waals surface area contributed by atoms with Crippen molar-refractivity contribution in [3.05, 3.63) is 39.7 Å². The lowest BCUT2D eigenvalue weighted by Crippen LogP contribution is -2.11. The molecule has 2 heterocycles. The average Bonchev–Trinajstić information content (AvgIpc) is 2.86. The molecule has 0 N–H and O–H groups in total. The van der Waals surface area contributed by atoms with Gasteiger partial charge in [-0.1, -0.05) is 6.07 Å². The Morgan fingerprint density at radius 3 is 2.67 bits per heavy atom. The molecular weight excluding hydrogens is 282 g/mol. The van der Waals surface area contributed by atoms with E-state index < -0.39 is 28.4 Å². The van der Waals surface area contributed by atoms with Gasteiger partial charge in [0.05, 0.1) is 13.7 Å². The van der Waals surface area contributed by atoms with Crippen LogP contribution < -0.4 is 0 Å². The van der Waals surface area contributed by atoms with Crippen LogP contribution in [0.3, 0.4) is 0 Å². The van der Waals surface area contributed by atoms with Crippen molar-refractivity contribution in [3.63, 3.8) is 0 Å². The van der Waals surface area contributed by atoms with Gasteiger partial charge in [-0.2, -0.15) is 9.38 Å². The van der Waals surface area contributed by atoms with Gasteiger partial charge in [0.25, 0.3) is 0 Å². The summed E-state index contributed by atoms with van der Waals surface area (Å²) in [5, 5.41) is 11.3. The predicted octanol–water partition coefficient (Wildman–Crippen LogP) is 1.21. The van der Waals surface area contributed by atoms with Crippen molar-refractivity contribution in [2.75, 3.05) is 13.7 Å². The van der Waals surface area contributed by atoms with Gasteiger partial charge in [-0.05, 0) is 17.9 Å². The van der Waals surface area contributed by atoms with E-state index in [9.17, 15) is 19.7 Å². The Labute approximate surface area is 118 Å². The van der Waals surface area contributed by atoms with Crippen molar-refractivity contribution in [3.8, 4) is 0 Å². The van der Waals surface area contributed by atoms with Crippen LogP contribution in [0, 0.1) is 10.1 Å². The minimum Gasteiger partial charge on any atom is -0.463 e. The molecule has 0 spiro atoms. The number of hydrogen-bond acceptors (Lipinski definition) is 7. The van der Waals surface area contributed by atoms with Gasteiger partial charge in [-0.15, -0.1) is 0 Å². The second kappa shape index (κ2) is 5.57. The zero-order valence-corrected chi connectivity index (χ0v) is 11.2. The van der Waals surface area contributed by atoms with Gasteiger partial charge in [-0.3, -0.25) is 0 Å². The van der Waals surface area contributed by atoms with Gasteiger partial charge in [-0.25, -0.2) is 9.59 Å². The lowest BCUT2D eigenvalue weighted by Gasteiger charge is -2.01. The molecule has 2 aromatic heterocycles. The normalized spacial score (nSPS) is 10.4. The first-order valence-electron chi connectivity index (χ1n) is 5.92. The molecule has 0 unspecified atom stereocenters. The number of imidazole rings is 1. The predicted molar refractivity (Wildman–Crippen MR) is 69.1 cm³/mol. The summed E-state index contributed by atoms with van der Waals surface area (Å²) in [5.74, 6) is -2.34. The Bertz CT molecular complexity index is 736. The quantitative estimate of drug-likeness (QED) is 0.473. The third kappa shape index (κ3) is 2.40. The van der Waals surface area contributed by atoms with Crippen molar-refractivity contribution in [1.82, 2.24) is 9.38 Å². The number of pyridine rings is 1. The van der Waals surface area contributed by atoms with Crippen molar-refractivity contribution in [2.24, 2.45) is 0 Å². The maximum Gasteiger partial charge on any atom is 0.378 e. The zero-order chi connectivity index (χ0) is 15.6. The van der Waals surface area contributed by atoms with Crippen LogP contribution in [0.25, 0.3) is 5.65 Å². The Hall–Kier alpha value is -2.97. The number of carbonyl (C=O) groups excluding carboxylic acids is 2. The summed E-state index contributed by atoms with van der Waals surface area (Å²) in [5.41, 5.74) is -0.490. The third-order valence-corrected chi connectivity index (χ3v) is 2.66. The number of ether oxygens (including phenoxy) is 2. The molecule has 0 bridgehead atoms. The van der Waals surface area contributed by atoms with E-state index in [0.717, 1.165) is 11.5 Å². The highest BCUT2D eigenvalue weighted by Gasteiger charge is 2.32. The maximum absolute atomic E-state index is 11.8. The number of nitro groups is 1. The summed E-state index contributed by atoms with van der Waals surface area (Å²) in [4.78, 5) is 37.8. The van der Waals surface area contributed by atoms with Crippen molar-refractivity contribution >= 4 is 23.4 Å². The van der Waals surface area contributed by atoms with Crippen LogP contribution in [0.15, 0.2) is 18.2 Å². The lowest BCUT2D eigenvalue weighted by molar-refractivity contribution is -0.390. The van der Waals surface area contributed by atoms with Crippen LogP contribution >= 0.6 is 0 Å². The molecule has 0 aliphatic heterocycles. The number of hydrogen-bond donors (Lipinski definition) is 0. The number of fused-ring (bicyclic) bond motifs is 1. The smallest absolute Gasteiger partial charge is 0.378 e. The molecule has 0 amide bonds. The summed E-state index contributed by atoms with van der Waals surface area (Å²) >= 11 is 0. The molecule has 0 aliphatic carbocycles. The van der Waals surface area contributed by atoms with E-state index in [2.05, 4.69) is 9.72 Å². The first-order chi connectivity index (χ1) is 10.0. The fourth-order valence-electron chi connectivity index (χ4n) is 1.85. The lowest BCUT2D eigenvalue weighted by atomic mass is 10.3. The largest absolute Gasteiger partial charge is 0.463 e. The van der Waals surface area contributed by atoms with E-state index in [4.69, 9.17) is 4.74 Å². The van der Waals surface area contributed by atoms with Gasteiger partial charge in [0.1, 0.15) is 0 Å². The Morgan fingerprint density at radius 2 is 2.10 bits per heavy atom. The Morgan fingerprint density at radius 1 is 1.38 bits per heavy atom. The van der Waals surface area contributed by atoms with Crippen LogP contribution in [-0.2, 0) is 9.47 Å². The molecule has 21 heavy (non-hydrogen) atoms. The van der Waals surface area contributed by atoms with E-state index >= 15 is 0 Å². The monoisotopic (exact) mass is 293 g/mol. The molecule has 0 saturated heterocycles. The highest BCUT2D eigenvalue weighted by Crippen LogP contribution is 2.24. The summed E-state index contributed by atoms with van der Waals surface area (Å²) < 4.78 is 10.3. The maximum atomic E-state index is 11.8. The van der Waals surface area contributed by atoms with Gasteiger partial charge < -0.3 is 19.6 Å². The molecule has 9 nitrogen and oxygen atoms in total. The minimum absolute atomic E-state index is 0.0493. The van der Waals surface area contributed by atoms with Crippen molar-refractivity contribution in [2.45, 2.75) is 6.92 Å². The summed E-state index contributed by atoms with van der Waals surface area (Å²) in [6, 6.07) is 4.25. The first kappa shape index (κ1) is 14.4. The molecule has 2 aromatic rings. The van der Waals surface area contributed by atoms with Gasteiger partial charge in [0, 0.05) is 6.07 Å². The van der Waals surface area contributed by atoms with E-state index in [-0.39, 0.29) is 17.9 Å². The molecule has 110 valence electrons. The number of methoxy groups -OCH3 is 1. The molecule has 2 rings (SSSR count). The van der Waals surface area contributed by atoms with E-state index in [1.165, 1.54) is 18.2 Å². The van der Waals surface area contributed by atoms with Crippen LogP contribution in [0.2, 0.25) is 0 Å². The summed E-state index contributed by atoms with van der Waals surface area (Å²) in [6.45, 7) is 1.62. The molecular formula is C12H11N3O6. The molecule has 0 radical (unpaired) electrons. The number of nitrogens with zero attached hydrogens (tertiary/aromatic N) is 3. The van der Waals surface area contributed by atoms with Crippen molar-refractivity contribution in [1.29, 1.82) is 0 Å². The minimum atomic E-state index is -0.927. The first-order valence-corrected chi connectivity index (χ1v) is 5.92. The Balaban J connectivity index is 2.79. The molecule has 0 atom stereocenters. The van der Waals surface area contributed by atoms with Gasteiger partial charge in [0.2, 0.25) is 17.0 Å². The van der Waals surface area contributed by atoms with Crippen LogP contribution in [0.1, 0.15) is 27.9 Å². The Kier molecular flexibility index (Phi) is 3.83. The van der Waals surface area contributed by atoms with Crippen LogP contribution in [0.5, 0.6) is 0 Å². The van der Waals surface area contributed by atoms with Crippen molar-refractivity contribution < 1.29 is 24.0 Å². The van der Waals surface area contributed by atoms with Gasteiger partial charge >= 0.3 is 17.8 Å². The number of carbonyl (C=O) groups is 2. The van der Waals surface area contributed by atoms with Crippen LogP contribution in [-0.4, -0.2) is 40.0 Å². The zero-order valence-electron chi connectivity index (χ0n) is 11.2. The third-order valence-electron chi connectivity index (χ3n) is 2.66. The molecule has 9 heteroatoms. The average molecular weight is 293 g/mol. The van der Waals surface area contributed by atoms with E-state index in [0.29, 0.717) is 0 Å². The van der Waals surface area contributed by atoms with Crippen LogP contribution in [0.4, 0.5) is 5.82 Å². The number of aromatic nitrogens is 2. The highest BCUT2D eigenvalue weighted by atomic mass is 16.6. The molecule has 0 fully saturated rings. The second-order valence-corrected chi connectivity index (χ2v) is 3.86. The number of esters is 2. The SMILES string of the molecule is CCOC(=O)c1nc2cccc(C(=O)OC)n2c1[N+](=O)[O-]. The number of rotatable bonds is 4. The summed E-state index contributed by atoms with van der Waals surface area (Å²) in [7, 11) is 1.15. The second-order valence-electron chi connectivity index (χ2n) is 3.86. The fraction of sp³-hybridized carbons (Fsp3) is 0.250. The molecule has 0 aliphatic rings. The summed E-state index contributed by atoms with van der Waals surface area (Å²) in [6.07, 6.45) is 0. The molecule has 0 aromatic carbocycles.